The van der Waals surface area contributed by atoms with Crippen molar-refractivity contribution in [2.45, 2.75) is 13.0 Å². The molecular formula is C17H19NO3. The third-order valence-electron chi connectivity index (χ3n) is 3.59. The third-order valence-corrected chi connectivity index (χ3v) is 3.59. The first kappa shape index (κ1) is 13.8. The zero-order valence-electron chi connectivity index (χ0n) is 12.3. The second-order valence-electron chi connectivity index (χ2n) is 5.08. The number of hydrogen-bond acceptors (Lipinski definition) is 4. The molecule has 1 heterocycles. The van der Waals surface area contributed by atoms with Crippen molar-refractivity contribution in [2.24, 2.45) is 0 Å². The highest BCUT2D eigenvalue weighted by Crippen LogP contribution is 2.35. The fourth-order valence-electron chi connectivity index (χ4n) is 2.29. The second-order valence-corrected chi connectivity index (χ2v) is 5.08. The summed E-state index contributed by atoms with van der Waals surface area (Å²) in [6, 6.07) is 14.3. The van der Waals surface area contributed by atoms with Crippen molar-refractivity contribution < 1.29 is 14.2 Å². The van der Waals surface area contributed by atoms with Crippen LogP contribution in [0.15, 0.2) is 42.5 Å². The molecule has 1 aliphatic rings. The van der Waals surface area contributed by atoms with E-state index in [-0.39, 0.29) is 12.8 Å². The van der Waals surface area contributed by atoms with E-state index in [0.717, 1.165) is 17.2 Å². The van der Waals surface area contributed by atoms with E-state index in [4.69, 9.17) is 14.2 Å². The predicted molar refractivity (Wildman–Crippen MR) is 81.0 cm³/mol. The molecule has 2 aromatic carbocycles. The van der Waals surface area contributed by atoms with E-state index in [2.05, 4.69) is 36.5 Å². The summed E-state index contributed by atoms with van der Waals surface area (Å²) in [5, 5.41) is 3.28. The minimum Gasteiger partial charge on any atom is -0.491 e. The van der Waals surface area contributed by atoms with Crippen LogP contribution in [0.2, 0.25) is 0 Å². The Bertz CT molecular complexity index is 610. The summed E-state index contributed by atoms with van der Waals surface area (Å²) in [5.74, 6) is 2.29. The van der Waals surface area contributed by atoms with E-state index in [0.29, 0.717) is 6.61 Å². The van der Waals surface area contributed by atoms with Gasteiger partial charge in [0.1, 0.15) is 12.4 Å². The molecule has 0 aromatic heterocycles. The molecule has 2 aromatic rings. The molecular weight excluding hydrogens is 266 g/mol. The standard InChI is InChI=1S/C17H19NO3/c1-12-3-5-13(6-4-12)15(18-2)10-19-14-7-8-16-17(9-14)21-11-20-16/h3-9,15,18H,10-11H2,1-2H3. The fourth-order valence-corrected chi connectivity index (χ4v) is 2.29. The van der Waals surface area contributed by atoms with Gasteiger partial charge in [0.2, 0.25) is 6.79 Å². The molecule has 21 heavy (non-hydrogen) atoms. The highest BCUT2D eigenvalue weighted by Gasteiger charge is 2.15. The van der Waals surface area contributed by atoms with E-state index in [1.165, 1.54) is 11.1 Å². The van der Waals surface area contributed by atoms with E-state index >= 15 is 0 Å². The normalized spacial score (nSPS) is 14.0. The molecule has 4 heteroatoms. The largest absolute Gasteiger partial charge is 0.491 e. The lowest BCUT2D eigenvalue weighted by molar-refractivity contribution is 0.173. The van der Waals surface area contributed by atoms with Gasteiger partial charge in [0.15, 0.2) is 11.5 Å². The third kappa shape index (κ3) is 3.11. The molecule has 0 saturated carbocycles. The molecule has 0 bridgehead atoms. The highest BCUT2D eigenvalue weighted by atomic mass is 16.7. The van der Waals surface area contributed by atoms with E-state index in [1.54, 1.807) is 0 Å². The number of hydrogen-bond donors (Lipinski definition) is 1. The van der Waals surface area contributed by atoms with Crippen LogP contribution >= 0.6 is 0 Å². The van der Waals surface area contributed by atoms with Crippen LogP contribution in [0.5, 0.6) is 17.2 Å². The molecule has 0 spiro atoms. The number of rotatable bonds is 5. The van der Waals surface area contributed by atoms with Gasteiger partial charge in [-0.2, -0.15) is 0 Å². The summed E-state index contributed by atoms with van der Waals surface area (Å²) in [6.07, 6.45) is 0. The first-order valence-electron chi connectivity index (χ1n) is 7.02. The van der Waals surface area contributed by atoms with Gasteiger partial charge in [0.05, 0.1) is 6.04 Å². The molecule has 3 rings (SSSR count). The van der Waals surface area contributed by atoms with Gasteiger partial charge >= 0.3 is 0 Å². The summed E-state index contributed by atoms with van der Waals surface area (Å²) < 4.78 is 16.5. The molecule has 1 atom stereocenters. The Balaban J connectivity index is 1.66. The van der Waals surface area contributed by atoms with Crippen molar-refractivity contribution in [2.75, 3.05) is 20.4 Å². The van der Waals surface area contributed by atoms with Crippen LogP contribution in [-0.2, 0) is 0 Å². The molecule has 4 nitrogen and oxygen atoms in total. The quantitative estimate of drug-likeness (QED) is 0.916. The Hall–Kier alpha value is -2.20. The van der Waals surface area contributed by atoms with Crippen LogP contribution < -0.4 is 19.5 Å². The maximum Gasteiger partial charge on any atom is 0.231 e. The number of aryl methyl sites for hydroxylation is 1. The monoisotopic (exact) mass is 285 g/mol. The average molecular weight is 285 g/mol. The molecule has 1 aliphatic heterocycles. The zero-order chi connectivity index (χ0) is 14.7. The Morgan fingerprint density at radius 3 is 2.62 bits per heavy atom. The fraction of sp³-hybridized carbons (Fsp3) is 0.294. The number of benzene rings is 2. The molecule has 0 aliphatic carbocycles. The maximum atomic E-state index is 5.87. The summed E-state index contributed by atoms with van der Waals surface area (Å²) in [5.41, 5.74) is 2.47. The number of likely N-dealkylation sites (N-methyl/N-ethyl adjacent to an activating group) is 1. The summed E-state index contributed by atoms with van der Waals surface area (Å²) in [7, 11) is 1.94. The lowest BCUT2D eigenvalue weighted by atomic mass is 10.1. The molecule has 0 saturated heterocycles. The summed E-state index contributed by atoms with van der Waals surface area (Å²) in [4.78, 5) is 0. The van der Waals surface area contributed by atoms with Crippen molar-refractivity contribution in [3.8, 4) is 17.2 Å². The van der Waals surface area contributed by atoms with Crippen LogP contribution in [0.25, 0.3) is 0 Å². The smallest absolute Gasteiger partial charge is 0.231 e. The lowest BCUT2D eigenvalue weighted by Gasteiger charge is -2.18. The Kier molecular flexibility index (Phi) is 3.97. The van der Waals surface area contributed by atoms with E-state index in [1.807, 2.05) is 25.2 Å². The Morgan fingerprint density at radius 1 is 1.10 bits per heavy atom. The summed E-state index contributed by atoms with van der Waals surface area (Å²) >= 11 is 0. The van der Waals surface area contributed by atoms with E-state index < -0.39 is 0 Å². The number of nitrogens with one attached hydrogen (secondary N) is 1. The van der Waals surface area contributed by atoms with Gasteiger partial charge in [-0.3, -0.25) is 0 Å². The van der Waals surface area contributed by atoms with Crippen LogP contribution in [0.3, 0.4) is 0 Å². The number of ether oxygens (including phenoxy) is 3. The molecule has 0 radical (unpaired) electrons. The lowest BCUT2D eigenvalue weighted by Crippen LogP contribution is -2.23. The van der Waals surface area contributed by atoms with Crippen molar-refractivity contribution in [3.63, 3.8) is 0 Å². The average Bonchev–Trinajstić information content (AvgIpc) is 2.97. The molecule has 1 unspecified atom stereocenters. The van der Waals surface area contributed by atoms with Crippen molar-refractivity contribution in [1.82, 2.24) is 5.32 Å². The minimum absolute atomic E-state index is 0.149. The second kappa shape index (κ2) is 6.06. The van der Waals surface area contributed by atoms with Gasteiger partial charge < -0.3 is 19.5 Å². The van der Waals surface area contributed by atoms with Gasteiger partial charge in [-0.15, -0.1) is 0 Å². The van der Waals surface area contributed by atoms with Gasteiger partial charge in [0, 0.05) is 6.07 Å². The molecule has 0 amide bonds. The van der Waals surface area contributed by atoms with Gasteiger partial charge in [-0.05, 0) is 31.7 Å². The minimum atomic E-state index is 0.149. The Labute approximate surface area is 124 Å². The molecule has 110 valence electrons. The predicted octanol–water partition coefficient (Wildman–Crippen LogP) is 3.06. The van der Waals surface area contributed by atoms with Crippen LogP contribution in [0, 0.1) is 6.92 Å². The van der Waals surface area contributed by atoms with Gasteiger partial charge in [-0.1, -0.05) is 29.8 Å². The molecule has 1 N–H and O–H groups in total. The van der Waals surface area contributed by atoms with Gasteiger partial charge in [0.25, 0.3) is 0 Å². The van der Waals surface area contributed by atoms with Crippen LogP contribution in [-0.4, -0.2) is 20.4 Å². The van der Waals surface area contributed by atoms with Crippen LogP contribution in [0.4, 0.5) is 0 Å². The first-order valence-corrected chi connectivity index (χ1v) is 7.02. The van der Waals surface area contributed by atoms with Crippen molar-refractivity contribution in [3.05, 3.63) is 53.6 Å². The SMILES string of the molecule is CNC(COc1ccc2c(c1)OCO2)c1ccc(C)cc1. The van der Waals surface area contributed by atoms with Gasteiger partial charge in [-0.25, -0.2) is 0 Å². The maximum absolute atomic E-state index is 5.87. The van der Waals surface area contributed by atoms with Crippen molar-refractivity contribution >= 4 is 0 Å². The highest BCUT2D eigenvalue weighted by molar-refractivity contribution is 5.46. The first-order chi connectivity index (χ1) is 10.3. The number of fused-ring (bicyclic) bond motifs is 1. The van der Waals surface area contributed by atoms with Crippen LogP contribution in [0.1, 0.15) is 17.2 Å². The van der Waals surface area contributed by atoms with Crippen molar-refractivity contribution in [1.29, 1.82) is 0 Å². The zero-order valence-corrected chi connectivity index (χ0v) is 12.3. The molecule has 0 fully saturated rings. The Morgan fingerprint density at radius 2 is 1.86 bits per heavy atom. The van der Waals surface area contributed by atoms with E-state index in [9.17, 15) is 0 Å². The topological polar surface area (TPSA) is 39.7 Å². The summed E-state index contributed by atoms with van der Waals surface area (Å²) in [6.45, 7) is 2.92.